The smallest absolute Gasteiger partial charge is 0.131 e. The van der Waals surface area contributed by atoms with E-state index < -0.39 is 0 Å². The first-order chi connectivity index (χ1) is 8.25. The predicted octanol–water partition coefficient (Wildman–Crippen LogP) is 1.66. The first-order valence-corrected chi connectivity index (χ1v) is 5.58. The summed E-state index contributed by atoms with van der Waals surface area (Å²) in [5.41, 5.74) is 8.00. The monoisotopic (exact) mass is 228 g/mol. The van der Waals surface area contributed by atoms with Crippen LogP contribution in [0.5, 0.6) is 0 Å². The minimum absolute atomic E-state index is 0.554. The summed E-state index contributed by atoms with van der Waals surface area (Å²) in [6, 6.07) is 10.2. The fourth-order valence-electron chi connectivity index (χ4n) is 1.59. The molecule has 0 aliphatic heterocycles. The summed E-state index contributed by atoms with van der Waals surface area (Å²) < 4.78 is 0. The Morgan fingerprint density at radius 1 is 1.18 bits per heavy atom. The third-order valence-electron chi connectivity index (χ3n) is 2.51. The van der Waals surface area contributed by atoms with Gasteiger partial charge in [-0.1, -0.05) is 30.3 Å². The van der Waals surface area contributed by atoms with Gasteiger partial charge in [-0.3, -0.25) is 0 Å². The number of benzene rings is 1. The van der Waals surface area contributed by atoms with E-state index in [1.807, 2.05) is 25.1 Å². The maximum absolute atomic E-state index is 5.81. The zero-order valence-electron chi connectivity index (χ0n) is 9.85. The predicted molar refractivity (Wildman–Crippen MR) is 68.2 cm³/mol. The maximum atomic E-state index is 5.81. The molecule has 0 unspecified atom stereocenters. The zero-order chi connectivity index (χ0) is 12.1. The molecule has 3 N–H and O–H groups in total. The van der Waals surface area contributed by atoms with E-state index in [1.54, 1.807) is 6.20 Å². The number of hydrogen-bond acceptors (Lipinski definition) is 4. The van der Waals surface area contributed by atoms with Crippen LogP contribution >= 0.6 is 0 Å². The fraction of sp³-hybridized carbons (Fsp3) is 0.231. The van der Waals surface area contributed by atoms with Crippen molar-refractivity contribution in [2.45, 2.75) is 20.0 Å². The molecule has 0 saturated heterocycles. The number of nitrogens with one attached hydrogen (secondary N) is 1. The third-order valence-corrected chi connectivity index (χ3v) is 2.51. The lowest BCUT2D eigenvalue weighted by molar-refractivity contribution is 0.689. The lowest BCUT2D eigenvalue weighted by atomic mass is 10.2. The van der Waals surface area contributed by atoms with E-state index in [-0.39, 0.29) is 0 Å². The van der Waals surface area contributed by atoms with Crippen LogP contribution in [-0.2, 0) is 13.1 Å². The van der Waals surface area contributed by atoms with Gasteiger partial charge in [0.25, 0.3) is 0 Å². The molecule has 4 nitrogen and oxygen atoms in total. The van der Waals surface area contributed by atoms with Crippen molar-refractivity contribution in [3.8, 4) is 0 Å². The lowest BCUT2D eigenvalue weighted by Crippen LogP contribution is -2.15. The molecular weight excluding hydrogens is 212 g/mol. The summed E-state index contributed by atoms with van der Waals surface area (Å²) >= 11 is 0. The minimum atomic E-state index is 0.554. The molecule has 1 heterocycles. The van der Waals surface area contributed by atoms with Gasteiger partial charge in [-0.2, -0.15) is 0 Å². The highest BCUT2D eigenvalue weighted by Crippen LogP contribution is 2.07. The molecule has 2 rings (SSSR count). The third kappa shape index (κ3) is 3.26. The first-order valence-electron chi connectivity index (χ1n) is 5.58. The highest BCUT2D eigenvalue weighted by molar-refractivity contribution is 5.37. The van der Waals surface area contributed by atoms with Crippen LogP contribution in [0.4, 0.5) is 5.82 Å². The average molecular weight is 228 g/mol. The van der Waals surface area contributed by atoms with Gasteiger partial charge in [0, 0.05) is 24.8 Å². The van der Waals surface area contributed by atoms with E-state index in [0.29, 0.717) is 18.2 Å². The number of anilines is 1. The molecule has 0 spiro atoms. The number of nitrogens with zero attached hydrogens (tertiary/aromatic N) is 2. The number of aryl methyl sites for hydroxylation is 1. The Labute approximate surface area is 101 Å². The summed E-state index contributed by atoms with van der Waals surface area (Å²) in [5, 5.41) is 3.32. The second-order valence-corrected chi connectivity index (χ2v) is 3.92. The molecule has 0 aliphatic rings. The van der Waals surface area contributed by atoms with Crippen LogP contribution in [0.3, 0.4) is 0 Å². The largest absolute Gasteiger partial charge is 0.383 e. The summed E-state index contributed by atoms with van der Waals surface area (Å²) in [6.45, 7) is 3.33. The molecule has 1 aromatic heterocycles. The molecule has 4 heteroatoms. The van der Waals surface area contributed by atoms with Crippen molar-refractivity contribution in [1.82, 2.24) is 15.3 Å². The van der Waals surface area contributed by atoms with Crippen molar-refractivity contribution >= 4 is 5.82 Å². The highest BCUT2D eigenvalue weighted by atomic mass is 15.0. The van der Waals surface area contributed by atoms with Crippen molar-refractivity contribution in [2.75, 3.05) is 5.73 Å². The number of aromatic nitrogens is 2. The Morgan fingerprint density at radius 3 is 2.65 bits per heavy atom. The fourth-order valence-corrected chi connectivity index (χ4v) is 1.59. The normalized spacial score (nSPS) is 10.4. The van der Waals surface area contributed by atoms with E-state index in [0.717, 1.165) is 12.1 Å². The van der Waals surface area contributed by atoms with Gasteiger partial charge in [-0.05, 0) is 12.5 Å². The van der Waals surface area contributed by atoms with E-state index in [4.69, 9.17) is 5.73 Å². The molecule has 17 heavy (non-hydrogen) atoms. The van der Waals surface area contributed by atoms with E-state index >= 15 is 0 Å². The van der Waals surface area contributed by atoms with Crippen LogP contribution in [0.25, 0.3) is 0 Å². The Hall–Kier alpha value is -1.94. The number of hydrogen-bond donors (Lipinski definition) is 2. The number of nitrogen functional groups attached to an aromatic ring is 1. The summed E-state index contributed by atoms with van der Waals surface area (Å²) in [4.78, 5) is 8.26. The highest BCUT2D eigenvalue weighted by Gasteiger charge is 2.01. The van der Waals surface area contributed by atoms with Crippen LogP contribution in [0.15, 0.2) is 36.5 Å². The molecule has 88 valence electrons. The Kier molecular flexibility index (Phi) is 3.67. The van der Waals surface area contributed by atoms with Gasteiger partial charge in [0.2, 0.25) is 0 Å². The molecule has 0 saturated carbocycles. The Balaban J connectivity index is 1.90. The second-order valence-electron chi connectivity index (χ2n) is 3.92. The van der Waals surface area contributed by atoms with Crippen molar-refractivity contribution in [1.29, 1.82) is 0 Å². The molecule has 0 atom stereocenters. The van der Waals surface area contributed by atoms with Crippen LogP contribution < -0.4 is 11.1 Å². The summed E-state index contributed by atoms with van der Waals surface area (Å²) in [5.74, 6) is 1.26. The SMILES string of the molecule is Cc1ncc(CNCc2ccccc2)c(N)n1. The maximum Gasteiger partial charge on any atom is 0.131 e. The van der Waals surface area contributed by atoms with Crippen LogP contribution in [-0.4, -0.2) is 9.97 Å². The summed E-state index contributed by atoms with van der Waals surface area (Å²) in [7, 11) is 0. The molecule has 0 fully saturated rings. The minimum Gasteiger partial charge on any atom is -0.383 e. The Bertz CT molecular complexity index is 482. The van der Waals surface area contributed by atoms with Crippen molar-refractivity contribution in [3.63, 3.8) is 0 Å². The standard InChI is InChI=1S/C13H16N4/c1-10-16-9-12(13(14)17-10)8-15-7-11-5-3-2-4-6-11/h2-6,9,15H,7-8H2,1H3,(H2,14,16,17). The van der Waals surface area contributed by atoms with Gasteiger partial charge < -0.3 is 11.1 Å². The van der Waals surface area contributed by atoms with E-state index in [1.165, 1.54) is 5.56 Å². The van der Waals surface area contributed by atoms with Gasteiger partial charge in [0.1, 0.15) is 11.6 Å². The van der Waals surface area contributed by atoms with E-state index in [2.05, 4.69) is 27.4 Å². The zero-order valence-corrected chi connectivity index (χ0v) is 9.85. The number of nitrogens with two attached hydrogens (primary N) is 1. The van der Waals surface area contributed by atoms with Crippen LogP contribution in [0.2, 0.25) is 0 Å². The van der Waals surface area contributed by atoms with Gasteiger partial charge in [0.05, 0.1) is 0 Å². The Morgan fingerprint density at radius 2 is 1.94 bits per heavy atom. The van der Waals surface area contributed by atoms with Gasteiger partial charge in [-0.25, -0.2) is 9.97 Å². The first kappa shape index (κ1) is 11.5. The molecule has 0 amide bonds. The van der Waals surface area contributed by atoms with Crippen molar-refractivity contribution in [2.24, 2.45) is 0 Å². The van der Waals surface area contributed by atoms with Crippen LogP contribution in [0.1, 0.15) is 17.0 Å². The van der Waals surface area contributed by atoms with Crippen LogP contribution in [0, 0.1) is 6.92 Å². The van der Waals surface area contributed by atoms with Gasteiger partial charge >= 0.3 is 0 Å². The summed E-state index contributed by atoms with van der Waals surface area (Å²) in [6.07, 6.45) is 1.77. The van der Waals surface area contributed by atoms with Gasteiger partial charge in [-0.15, -0.1) is 0 Å². The second kappa shape index (κ2) is 5.41. The molecule has 0 radical (unpaired) electrons. The lowest BCUT2D eigenvalue weighted by Gasteiger charge is -2.07. The molecule has 1 aromatic carbocycles. The van der Waals surface area contributed by atoms with Crippen molar-refractivity contribution in [3.05, 3.63) is 53.5 Å². The number of rotatable bonds is 4. The average Bonchev–Trinajstić information content (AvgIpc) is 2.33. The molecule has 0 bridgehead atoms. The molecular formula is C13H16N4. The van der Waals surface area contributed by atoms with E-state index in [9.17, 15) is 0 Å². The molecule has 0 aliphatic carbocycles. The quantitative estimate of drug-likeness (QED) is 0.835. The van der Waals surface area contributed by atoms with Crippen molar-refractivity contribution < 1.29 is 0 Å². The molecule has 2 aromatic rings. The van der Waals surface area contributed by atoms with Gasteiger partial charge in [0.15, 0.2) is 0 Å². The topological polar surface area (TPSA) is 63.8 Å².